The van der Waals surface area contributed by atoms with Gasteiger partial charge in [-0.05, 0) is 80.0 Å². The Balaban J connectivity index is 1.15. The number of aromatic nitrogens is 5. The molecule has 6 heterocycles. The molecule has 4 fully saturated rings. The minimum atomic E-state index is 0.0213. The molecule has 9 rings (SSSR count). The van der Waals surface area contributed by atoms with E-state index in [-0.39, 0.29) is 18.0 Å². The van der Waals surface area contributed by atoms with Crippen LogP contribution in [0.3, 0.4) is 0 Å². The van der Waals surface area contributed by atoms with E-state index in [1.54, 1.807) is 7.11 Å². The Morgan fingerprint density at radius 1 is 0.956 bits per heavy atom. The van der Waals surface area contributed by atoms with Gasteiger partial charge in [0.25, 0.3) is 5.91 Å². The lowest BCUT2D eigenvalue weighted by Gasteiger charge is -2.41. The fraction of sp³-hybridized carbons (Fsp3) is 0.429. The topological polar surface area (TPSA) is 107 Å². The third kappa shape index (κ3) is 4.40. The van der Waals surface area contributed by atoms with E-state index in [1.165, 1.54) is 18.5 Å². The highest BCUT2D eigenvalue weighted by molar-refractivity contribution is 6.00. The summed E-state index contributed by atoms with van der Waals surface area (Å²) in [6.45, 7) is 4.35. The summed E-state index contributed by atoms with van der Waals surface area (Å²) in [6, 6.07) is 14.6. The van der Waals surface area contributed by atoms with Crippen LogP contribution in [0.1, 0.15) is 36.0 Å². The lowest BCUT2D eigenvalue weighted by Crippen LogP contribution is -2.48. The smallest absolute Gasteiger partial charge is 0.254 e. The van der Waals surface area contributed by atoms with Crippen molar-refractivity contribution in [3.05, 3.63) is 66.6 Å². The number of rotatable bonds is 8. The maximum Gasteiger partial charge on any atom is 0.254 e. The van der Waals surface area contributed by atoms with E-state index < -0.39 is 0 Å². The number of hydrogen-bond donors (Lipinski definition) is 1. The van der Waals surface area contributed by atoms with Crippen LogP contribution < -0.4 is 15.4 Å². The standard InChI is InChI=1S/C35H38N8O2/c1-45-30-15-25(35(44)42-20-24-6-7-28(42)31(24)36)13-27-32(30)43(19-22-16-40(17-22)26-8-11-37-12-9-26)34(39-27)29-14-23-3-2-10-38-33(23)41(29)18-21-4-5-21/h2-3,8-15,21-22,24,28,31H,4-7,16-20,36H2,1H3/t24?,28?,31-/m1/s1. The summed E-state index contributed by atoms with van der Waals surface area (Å²) >= 11 is 0. The van der Waals surface area contributed by atoms with Crippen LogP contribution in [-0.4, -0.2) is 73.7 Å². The second-order valence-electron chi connectivity index (χ2n) is 13.5. The van der Waals surface area contributed by atoms with Gasteiger partial charge in [0.1, 0.15) is 16.9 Å². The zero-order chi connectivity index (χ0) is 30.2. The molecule has 4 aliphatic rings. The number of carbonyl (C=O) groups excluding carboxylic acids is 1. The summed E-state index contributed by atoms with van der Waals surface area (Å²) in [6.07, 6.45) is 10.1. The quantitative estimate of drug-likeness (QED) is 0.277. The largest absolute Gasteiger partial charge is 0.494 e. The van der Waals surface area contributed by atoms with Crippen LogP contribution in [0.5, 0.6) is 5.75 Å². The Morgan fingerprint density at radius 3 is 2.51 bits per heavy atom. The van der Waals surface area contributed by atoms with E-state index >= 15 is 0 Å². The fourth-order valence-electron chi connectivity index (χ4n) is 8.06. The average Bonchev–Trinajstić information content (AvgIpc) is 3.41. The van der Waals surface area contributed by atoms with Gasteiger partial charge in [-0.3, -0.25) is 9.78 Å². The van der Waals surface area contributed by atoms with E-state index in [2.05, 4.69) is 43.3 Å². The number of amides is 1. The highest BCUT2D eigenvalue weighted by atomic mass is 16.5. The number of nitrogens with two attached hydrogens (primary N) is 1. The predicted octanol–water partition coefficient (Wildman–Crippen LogP) is 4.56. The summed E-state index contributed by atoms with van der Waals surface area (Å²) in [5.41, 5.74) is 12.1. The van der Waals surface area contributed by atoms with Gasteiger partial charge in [-0.1, -0.05) is 0 Å². The molecule has 2 unspecified atom stereocenters. The molecule has 2 bridgehead atoms. The van der Waals surface area contributed by atoms with E-state index in [0.717, 1.165) is 79.2 Å². The van der Waals surface area contributed by atoms with Gasteiger partial charge < -0.3 is 29.4 Å². The number of fused-ring (bicyclic) bond motifs is 4. The van der Waals surface area contributed by atoms with Crippen molar-refractivity contribution in [3.8, 4) is 17.3 Å². The lowest BCUT2D eigenvalue weighted by atomic mass is 9.99. The first-order chi connectivity index (χ1) is 22.1. The number of anilines is 1. The maximum atomic E-state index is 13.9. The first-order valence-corrected chi connectivity index (χ1v) is 16.3. The molecule has 0 spiro atoms. The van der Waals surface area contributed by atoms with Gasteiger partial charge in [-0.2, -0.15) is 0 Å². The number of benzene rings is 1. The highest BCUT2D eigenvalue weighted by Gasteiger charge is 2.47. The first kappa shape index (κ1) is 26.9. The predicted molar refractivity (Wildman–Crippen MR) is 173 cm³/mol. The van der Waals surface area contributed by atoms with Gasteiger partial charge >= 0.3 is 0 Å². The second kappa shape index (κ2) is 10.3. The molecule has 4 aromatic heterocycles. The van der Waals surface area contributed by atoms with Gasteiger partial charge in [0, 0.05) is 86.0 Å². The lowest BCUT2D eigenvalue weighted by molar-refractivity contribution is 0.0700. The minimum absolute atomic E-state index is 0.0213. The number of carbonyl (C=O) groups is 1. The number of piperidine rings is 1. The van der Waals surface area contributed by atoms with Crippen LogP contribution in [0, 0.1) is 17.8 Å². The summed E-state index contributed by atoms with van der Waals surface area (Å²) in [5.74, 6) is 3.09. The second-order valence-corrected chi connectivity index (χ2v) is 13.5. The molecule has 10 heteroatoms. The number of hydrogen-bond acceptors (Lipinski definition) is 7. The molecule has 1 aromatic carbocycles. The Hall–Kier alpha value is -4.44. The molecular weight excluding hydrogens is 564 g/mol. The molecular formula is C35H38N8O2. The van der Waals surface area contributed by atoms with Crippen LogP contribution in [0.25, 0.3) is 33.6 Å². The normalized spacial score (nSPS) is 22.9. The van der Waals surface area contributed by atoms with Crippen molar-refractivity contribution in [3.63, 3.8) is 0 Å². The zero-order valence-corrected chi connectivity index (χ0v) is 25.5. The summed E-state index contributed by atoms with van der Waals surface area (Å²) in [7, 11) is 1.69. The first-order valence-electron chi connectivity index (χ1n) is 16.3. The molecule has 45 heavy (non-hydrogen) atoms. The number of ether oxygens (including phenoxy) is 1. The van der Waals surface area contributed by atoms with Gasteiger partial charge in [0.2, 0.25) is 0 Å². The van der Waals surface area contributed by atoms with Crippen LogP contribution in [0.15, 0.2) is 61.1 Å². The van der Waals surface area contributed by atoms with E-state index in [0.29, 0.717) is 29.1 Å². The molecule has 0 radical (unpaired) electrons. The van der Waals surface area contributed by atoms with Crippen LogP contribution in [0.4, 0.5) is 5.69 Å². The molecule has 230 valence electrons. The van der Waals surface area contributed by atoms with Gasteiger partial charge in [0.15, 0.2) is 5.82 Å². The zero-order valence-electron chi connectivity index (χ0n) is 25.5. The number of nitrogens with zero attached hydrogens (tertiary/aromatic N) is 7. The SMILES string of the molecule is COc1cc(C(=O)N2CC3CCC2[C@@H]3N)cc2nc(-c3cc4cccnc4n3CC3CC3)n(CC3CN(c4ccncc4)C3)c12. The molecule has 2 saturated heterocycles. The number of likely N-dealkylation sites (tertiary alicyclic amines) is 1. The van der Waals surface area contributed by atoms with Crippen molar-refractivity contribution in [1.29, 1.82) is 0 Å². The molecule has 10 nitrogen and oxygen atoms in total. The van der Waals surface area contributed by atoms with Crippen molar-refractivity contribution in [2.24, 2.45) is 23.5 Å². The number of pyridine rings is 2. The van der Waals surface area contributed by atoms with Crippen molar-refractivity contribution < 1.29 is 9.53 Å². The average molecular weight is 603 g/mol. The Bertz CT molecular complexity index is 1920. The molecule has 2 N–H and O–H groups in total. The molecule has 1 amide bonds. The Morgan fingerprint density at radius 2 is 1.78 bits per heavy atom. The van der Waals surface area contributed by atoms with Crippen LogP contribution >= 0.6 is 0 Å². The van der Waals surface area contributed by atoms with Gasteiger partial charge in [0.05, 0.1) is 18.3 Å². The van der Waals surface area contributed by atoms with Crippen molar-refractivity contribution in [2.75, 3.05) is 31.6 Å². The monoisotopic (exact) mass is 602 g/mol. The van der Waals surface area contributed by atoms with Crippen LogP contribution in [-0.2, 0) is 13.1 Å². The molecule has 3 atom stereocenters. The summed E-state index contributed by atoms with van der Waals surface area (Å²) < 4.78 is 10.7. The summed E-state index contributed by atoms with van der Waals surface area (Å²) in [5, 5.41) is 1.11. The van der Waals surface area contributed by atoms with E-state index in [1.807, 2.05) is 41.7 Å². The minimum Gasteiger partial charge on any atom is -0.494 e. The fourth-order valence-corrected chi connectivity index (χ4v) is 8.06. The van der Waals surface area contributed by atoms with Gasteiger partial charge in [-0.25, -0.2) is 9.97 Å². The van der Waals surface area contributed by atoms with E-state index in [9.17, 15) is 4.79 Å². The summed E-state index contributed by atoms with van der Waals surface area (Å²) in [4.78, 5) is 32.6. The van der Waals surface area contributed by atoms with Crippen molar-refractivity contribution in [1.82, 2.24) is 29.0 Å². The maximum absolute atomic E-state index is 13.9. The molecule has 2 aliphatic heterocycles. The third-order valence-corrected chi connectivity index (χ3v) is 10.6. The van der Waals surface area contributed by atoms with Crippen molar-refractivity contribution in [2.45, 2.75) is 50.9 Å². The Kier molecular flexibility index (Phi) is 6.16. The van der Waals surface area contributed by atoms with Crippen LogP contribution in [0.2, 0.25) is 0 Å². The Labute approximate surface area is 261 Å². The highest BCUT2D eigenvalue weighted by Crippen LogP contribution is 2.41. The third-order valence-electron chi connectivity index (χ3n) is 10.6. The van der Waals surface area contributed by atoms with Gasteiger partial charge in [-0.15, -0.1) is 0 Å². The van der Waals surface area contributed by atoms with Crippen molar-refractivity contribution >= 4 is 33.7 Å². The van der Waals surface area contributed by atoms with E-state index in [4.69, 9.17) is 20.4 Å². The molecule has 5 aromatic rings. The number of methoxy groups -OCH3 is 1. The molecule has 2 aliphatic carbocycles. The molecule has 2 saturated carbocycles. The number of imidazole rings is 1.